The Hall–Kier alpha value is -2.91. The summed E-state index contributed by atoms with van der Waals surface area (Å²) in [6.45, 7) is 6.60. The van der Waals surface area contributed by atoms with E-state index in [4.69, 9.17) is 4.74 Å². The van der Waals surface area contributed by atoms with Crippen LogP contribution in [0.5, 0.6) is 5.75 Å². The van der Waals surface area contributed by atoms with Gasteiger partial charge in [0.05, 0.1) is 12.0 Å². The van der Waals surface area contributed by atoms with Crippen LogP contribution in [0.1, 0.15) is 29.8 Å². The topological polar surface area (TPSA) is 96.0 Å². The molecule has 1 unspecified atom stereocenters. The van der Waals surface area contributed by atoms with Crippen molar-refractivity contribution in [2.24, 2.45) is 5.92 Å². The molecule has 9 heteroatoms. The van der Waals surface area contributed by atoms with Gasteiger partial charge in [-0.25, -0.2) is 8.42 Å². The number of carbonyl (C=O) groups excluding carboxylic acids is 2. The zero-order valence-electron chi connectivity index (χ0n) is 19.4. The van der Waals surface area contributed by atoms with Crippen molar-refractivity contribution in [1.82, 2.24) is 14.5 Å². The lowest BCUT2D eigenvalue weighted by Crippen LogP contribution is -2.57. The zero-order chi connectivity index (χ0) is 24.2. The van der Waals surface area contributed by atoms with Crippen LogP contribution >= 0.6 is 0 Å². The van der Waals surface area contributed by atoms with Crippen LogP contribution in [-0.2, 0) is 14.8 Å². The molecule has 0 saturated carbocycles. The van der Waals surface area contributed by atoms with Crippen LogP contribution < -0.4 is 10.1 Å². The number of sulfonamides is 1. The first kappa shape index (κ1) is 24.7. The van der Waals surface area contributed by atoms with E-state index in [1.165, 1.54) is 4.31 Å². The first-order chi connectivity index (χ1) is 15.6. The van der Waals surface area contributed by atoms with Crippen molar-refractivity contribution in [2.75, 3.05) is 33.3 Å². The third-order valence-electron chi connectivity index (χ3n) is 5.78. The van der Waals surface area contributed by atoms with Crippen LogP contribution in [-0.4, -0.2) is 68.8 Å². The van der Waals surface area contributed by atoms with E-state index in [2.05, 4.69) is 5.32 Å². The van der Waals surface area contributed by atoms with Crippen LogP contribution in [0.4, 0.5) is 0 Å². The Morgan fingerprint density at radius 1 is 0.939 bits per heavy atom. The number of aryl methyl sites for hydroxylation is 1. The van der Waals surface area contributed by atoms with E-state index >= 15 is 0 Å². The molecule has 2 aromatic carbocycles. The Morgan fingerprint density at radius 3 is 2.03 bits per heavy atom. The van der Waals surface area contributed by atoms with E-state index < -0.39 is 16.1 Å². The summed E-state index contributed by atoms with van der Waals surface area (Å²) < 4.78 is 32.4. The third kappa shape index (κ3) is 5.72. The van der Waals surface area contributed by atoms with Gasteiger partial charge in [-0.15, -0.1) is 0 Å². The average molecular weight is 474 g/mol. The van der Waals surface area contributed by atoms with Crippen LogP contribution in [0.2, 0.25) is 0 Å². The minimum atomic E-state index is -3.61. The zero-order valence-corrected chi connectivity index (χ0v) is 20.3. The SMILES string of the molecule is COc1ccc(C(=O)NC(C(=O)N2CCN(S(=O)(=O)c3ccc(C)cc3)CC2)C(C)C)cc1. The first-order valence-corrected chi connectivity index (χ1v) is 12.4. The molecule has 178 valence electrons. The molecule has 2 amide bonds. The highest BCUT2D eigenvalue weighted by Gasteiger charge is 2.34. The highest BCUT2D eigenvalue weighted by atomic mass is 32.2. The monoisotopic (exact) mass is 473 g/mol. The second-order valence-corrected chi connectivity index (χ2v) is 10.4. The molecule has 0 bridgehead atoms. The number of piperazine rings is 1. The quantitative estimate of drug-likeness (QED) is 0.666. The molecule has 1 atom stereocenters. The molecule has 0 aromatic heterocycles. The maximum atomic E-state index is 13.2. The van der Waals surface area contributed by atoms with Gasteiger partial charge in [-0.05, 0) is 49.2 Å². The highest BCUT2D eigenvalue weighted by molar-refractivity contribution is 7.89. The molecule has 1 heterocycles. The summed E-state index contributed by atoms with van der Waals surface area (Å²) in [5.74, 6) is -0.0416. The van der Waals surface area contributed by atoms with Gasteiger partial charge in [-0.1, -0.05) is 31.5 Å². The molecule has 8 nitrogen and oxygen atoms in total. The Bertz CT molecular complexity index is 1070. The van der Waals surface area contributed by atoms with Crippen molar-refractivity contribution < 1.29 is 22.7 Å². The van der Waals surface area contributed by atoms with Gasteiger partial charge >= 0.3 is 0 Å². The molecule has 1 N–H and O–H groups in total. The maximum Gasteiger partial charge on any atom is 0.251 e. The Balaban J connectivity index is 1.64. The number of amides is 2. The highest BCUT2D eigenvalue weighted by Crippen LogP contribution is 2.19. The number of rotatable bonds is 7. The fourth-order valence-corrected chi connectivity index (χ4v) is 5.11. The lowest BCUT2D eigenvalue weighted by atomic mass is 10.0. The smallest absolute Gasteiger partial charge is 0.251 e. The largest absolute Gasteiger partial charge is 0.497 e. The Labute approximate surface area is 195 Å². The fraction of sp³-hybridized carbons (Fsp3) is 0.417. The molecule has 1 aliphatic rings. The number of benzene rings is 2. The minimum absolute atomic E-state index is 0.131. The molecule has 1 fully saturated rings. The third-order valence-corrected chi connectivity index (χ3v) is 7.69. The fourth-order valence-electron chi connectivity index (χ4n) is 3.69. The standard InChI is InChI=1S/C24H31N3O5S/c1-17(2)22(25-23(28)19-7-9-20(32-4)10-8-19)24(29)26-13-15-27(16-14-26)33(30,31)21-11-5-18(3)6-12-21/h5-12,17,22H,13-16H2,1-4H3,(H,25,28). The number of hydrogen-bond acceptors (Lipinski definition) is 5. The van der Waals surface area contributed by atoms with Gasteiger partial charge in [-0.2, -0.15) is 4.31 Å². The van der Waals surface area contributed by atoms with Gasteiger partial charge in [0.25, 0.3) is 5.91 Å². The molecular formula is C24H31N3O5S. The molecule has 0 radical (unpaired) electrons. The molecule has 3 rings (SSSR count). The second kappa shape index (κ2) is 10.4. The Morgan fingerprint density at radius 2 is 1.52 bits per heavy atom. The van der Waals surface area contributed by atoms with Crippen LogP contribution in [0, 0.1) is 12.8 Å². The van der Waals surface area contributed by atoms with Crippen molar-refractivity contribution in [2.45, 2.75) is 31.7 Å². The van der Waals surface area contributed by atoms with E-state index in [1.807, 2.05) is 20.8 Å². The van der Waals surface area contributed by atoms with Crippen molar-refractivity contribution >= 4 is 21.8 Å². The van der Waals surface area contributed by atoms with Crippen molar-refractivity contribution in [1.29, 1.82) is 0 Å². The molecule has 0 aliphatic carbocycles. The summed E-state index contributed by atoms with van der Waals surface area (Å²) in [4.78, 5) is 27.8. The molecule has 33 heavy (non-hydrogen) atoms. The predicted molar refractivity (Wildman–Crippen MR) is 126 cm³/mol. The van der Waals surface area contributed by atoms with Crippen molar-refractivity contribution in [3.05, 3.63) is 59.7 Å². The molecular weight excluding hydrogens is 442 g/mol. The number of nitrogens with zero attached hydrogens (tertiary/aromatic N) is 2. The number of nitrogens with one attached hydrogen (secondary N) is 1. The average Bonchev–Trinajstić information content (AvgIpc) is 2.82. The Kier molecular flexibility index (Phi) is 7.76. The first-order valence-electron chi connectivity index (χ1n) is 10.9. The number of ether oxygens (including phenoxy) is 1. The van der Waals surface area contributed by atoms with Gasteiger partial charge in [0, 0.05) is 31.7 Å². The van der Waals surface area contributed by atoms with E-state index in [9.17, 15) is 18.0 Å². The number of carbonyl (C=O) groups is 2. The number of methoxy groups -OCH3 is 1. The van der Waals surface area contributed by atoms with Crippen LogP contribution in [0.25, 0.3) is 0 Å². The molecule has 0 spiro atoms. The summed E-state index contributed by atoms with van der Waals surface area (Å²) in [6, 6.07) is 12.7. The van der Waals surface area contributed by atoms with E-state index in [0.29, 0.717) is 11.3 Å². The van der Waals surface area contributed by atoms with Gasteiger partial charge in [-0.3, -0.25) is 9.59 Å². The number of hydrogen-bond donors (Lipinski definition) is 1. The minimum Gasteiger partial charge on any atom is -0.497 e. The van der Waals surface area contributed by atoms with Gasteiger partial charge < -0.3 is 15.0 Å². The summed E-state index contributed by atoms with van der Waals surface area (Å²) in [7, 11) is -2.06. The summed E-state index contributed by atoms with van der Waals surface area (Å²) in [6.07, 6.45) is 0. The molecule has 1 aliphatic heterocycles. The van der Waals surface area contributed by atoms with Crippen LogP contribution in [0.3, 0.4) is 0 Å². The lowest BCUT2D eigenvalue weighted by Gasteiger charge is -2.36. The van der Waals surface area contributed by atoms with Gasteiger partial charge in [0.15, 0.2) is 0 Å². The van der Waals surface area contributed by atoms with E-state index in [-0.39, 0.29) is 48.8 Å². The maximum absolute atomic E-state index is 13.2. The second-order valence-electron chi connectivity index (χ2n) is 8.47. The summed E-state index contributed by atoms with van der Waals surface area (Å²) >= 11 is 0. The normalized spacial score (nSPS) is 15.8. The summed E-state index contributed by atoms with van der Waals surface area (Å²) in [5.41, 5.74) is 1.42. The van der Waals surface area contributed by atoms with E-state index in [1.54, 1.807) is 60.5 Å². The van der Waals surface area contributed by atoms with Crippen molar-refractivity contribution in [3.8, 4) is 5.75 Å². The van der Waals surface area contributed by atoms with Gasteiger partial charge in [0.1, 0.15) is 11.8 Å². The van der Waals surface area contributed by atoms with Crippen LogP contribution in [0.15, 0.2) is 53.4 Å². The van der Waals surface area contributed by atoms with Gasteiger partial charge in [0.2, 0.25) is 15.9 Å². The predicted octanol–water partition coefficient (Wildman–Crippen LogP) is 2.29. The molecule has 1 saturated heterocycles. The summed E-state index contributed by atoms with van der Waals surface area (Å²) in [5, 5.41) is 2.84. The molecule has 2 aromatic rings. The van der Waals surface area contributed by atoms with Crippen molar-refractivity contribution in [3.63, 3.8) is 0 Å². The lowest BCUT2D eigenvalue weighted by molar-refractivity contribution is -0.135. The van der Waals surface area contributed by atoms with E-state index in [0.717, 1.165) is 5.56 Å².